The molecule has 1 N–H and O–H groups in total. The molecule has 0 unspecified atom stereocenters. The third-order valence-electron chi connectivity index (χ3n) is 2.83. The number of unbranched alkanes of at least 4 members (excludes halogenated alkanes) is 2. The van der Waals surface area contributed by atoms with E-state index in [1.165, 1.54) is 18.4 Å². The average Bonchev–Trinajstić information content (AvgIpc) is 2.57. The summed E-state index contributed by atoms with van der Waals surface area (Å²) in [6.45, 7) is 8.92. The van der Waals surface area contributed by atoms with Crippen LogP contribution in [0, 0.1) is 6.92 Å². The van der Waals surface area contributed by atoms with E-state index in [4.69, 9.17) is 4.74 Å². The molecule has 4 heteroatoms. The lowest BCUT2D eigenvalue weighted by atomic mass is 10.2. The number of hydrogen-bond donors (Lipinski definition) is 1. The summed E-state index contributed by atoms with van der Waals surface area (Å²) in [5.41, 5.74) is 2.24. The van der Waals surface area contributed by atoms with E-state index in [1.807, 2.05) is 18.7 Å². The van der Waals surface area contributed by atoms with Crippen LogP contribution in [0.2, 0.25) is 0 Å². The van der Waals surface area contributed by atoms with Crippen LogP contribution in [-0.2, 0) is 13.6 Å². The van der Waals surface area contributed by atoms with Crippen LogP contribution in [0.3, 0.4) is 0 Å². The number of nitrogens with zero attached hydrogens (tertiary/aromatic N) is 2. The SMILES string of the molecule is CCCCCOc1c(CNCC)c(C)nn1C. The third-order valence-corrected chi connectivity index (χ3v) is 2.83. The molecule has 0 aliphatic carbocycles. The standard InChI is InChI=1S/C13H25N3O/c1-5-7-8-9-17-13-12(10-14-6-2)11(3)15-16(13)4/h14H,5-10H2,1-4H3. The lowest BCUT2D eigenvalue weighted by molar-refractivity contribution is 0.277. The number of rotatable bonds is 8. The molecule has 17 heavy (non-hydrogen) atoms. The van der Waals surface area contributed by atoms with E-state index < -0.39 is 0 Å². The van der Waals surface area contributed by atoms with Crippen molar-refractivity contribution in [1.82, 2.24) is 15.1 Å². The fraction of sp³-hybridized carbons (Fsp3) is 0.769. The van der Waals surface area contributed by atoms with E-state index in [2.05, 4.69) is 24.3 Å². The molecule has 1 rings (SSSR count). The van der Waals surface area contributed by atoms with Crippen LogP contribution in [0.15, 0.2) is 0 Å². The molecule has 0 bridgehead atoms. The quantitative estimate of drug-likeness (QED) is 0.708. The molecule has 0 aliphatic rings. The Kier molecular flexibility index (Phi) is 6.05. The Morgan fingerprint density at radius 2 is 2.06 bits per heavy atom. The van der Waals surface area contributed by atoms with Gasteiger partial charge in [0.05, 0.1) is 17.9 Å². The molecule has 0 spiro atoms. The van der Waals surface area contributed by atoms with Crippen LogP contribution in [0.5, 0.6) is 5.88 Å². The summed E-state index contributed by atoms with van der Waals surface area (Å²) in [5.74, 6) is 0.916. The maximum absolute atomic E-state index is 5.85. The molecule has 0 aromatic carbocycles. The number of ether oxygens (including phenoxy) is 1. The van der Waals surface area contributed by atoms with Gasteiger partial charge in [-0.25, -0.2) is 4.68 Å². The molecular weight excluding hydrogens is 214 g/mol. The predicted octanol–water partition coefficient (Wildman–Crippen LogP) is 2.41. The minimum atomic E-state index is 0.784. The van der Waals surface area contributed by atoms with Crippen molar-refractivity contribution in [1.29, 1.82) is 0 Å². The lowest BCUT2D eigenvalue weighted by Gasteiger charge is -2.09. The molecule has 0 atom stereocenters. The first-order valence-electron chi connectivity index (χ1n) is 6.56. The number of aryl methyl sites for hydroxylation is 2. The fourth-order valence-corrected chi connectivity index (χ4v) is 1.84. The smallest absolute Gasteiger partial charge is 0.216 e. The maximum Gasteiger partial charge on any atom is 0.216 e. The average molecular weight is 239 g/mol. The predicted molar refractivity (Wildman–Crippen MR) is 70.3 cm³/mol. The van der Waals surface area contributed by atoms with Gasteiger partial charge in [-0.2, -0.15) is 5.10 Å². The summed E-state index contributed by atoms with van der Waals surface area (Å²) in [5, 5.41) is 7.74. The van der Waals surface area contributed by atoms with E-state index in [0.29, 0.717) is 0 Å². The molecule has 1 heterocycles. The van der Waals surface area contributed by atoms with Crippen LogP contribution in [0.25, 0.3) is 0 Å². The zero-order valence-corrected chi connectivity index (χ0v) is 11.5. The zero-order chi connectivity index (χ0) is 12.7. The minimum Gasteiger partial charge on any atom is -0.478 e. The first-order valence-corrected chi connectivity index (χ1v) is 6.56. The molecule has 98 valence electrons. The van der Waals surface area contributed by atoms with E-state index in [1.54, 1.807) is 0 Å². The molecule has 0 radical (unpaired) electrons. The number of aromatic nitrogens is 2. The van der Waals surface area contributed by atoms with Crippen molar-refractivity contribution in [3.8, 4) is 5.88 Å². The van der Waals surface area contributed by atoms with Crippen molar-refractivity contribution in [2.24, 2.45) is 7.05 Å². The van der Waals surface area contributed by atoms with Crippen LogP contribution >= 0.6 is 0 Å². The van der Waals surface area contributed by atoms with Gasteiger partial charge in [0.1, 0.15) is 0 Å². The number of nitrogens with one attached hydrogen (secondary N) is 1. The second-order valence-electron chi connectivity index (χ2n) is 4.33. The molecular formula is C13H25N3O. The monoisotopic (exact) mass is 239 g/mol. The topological polar surface area (TPSA) is 39.1 Å². The molecule has 0 saturated heterocycles. The van der Waals surface area contributed by atoms with Gasteiger partial charge >= 0.3 is 0 Å². The highest BCUT2D eigenvalue weighted by atomic mass is 16.5. The Balaban J connectivity index is 2.61. The van der Waals surface area contributed by atoms with E-state index in [0.717, 1.165) is 37.7 Å². The van der Waals surface area contributed by atoms with E-state index >= 15 is 0 Å². The second kappa shape index (κ2) is 7.33. The summed E-state index contributed by atoms with van der Waals surface area (Å²) in [7, 11) is 1.94. The van der Waals surface area contributed by atoms with Crippen molar-refractivity contribution in [2.45, 2.75) is 46.6 Å². The summed E-state index contributed by atoms with van der Waals surface area (Å²) >= 11 is 0. The van der Waals surface area contributed by atoms with Crippen LogP contribution < -0.4 is 10.1 Å². The summed E-state index contributed by atoms with van der Waals surface area (Å²) in [6, 6.07) is 0. The fourth-order valence-electron chi connectivity index (χ4n) is 1.84. The van der Waals surface area contributed by atoms with Gasteiger partial charge < -0.3 is 10.1 Å². The Bertz CT molecular complexity index is 334. The van der Waals surface area contributed by atoms with Crippen molar-refractivity contribution in [3.63, 3.8) is 0 Å². The van der Waals surface area contributed by atoms with Gasteiger partial charge in [0.2, 0.25) is 5.88 Å². The Morgan fingerprint density at radius 3 is 2.71 bits per heavy atom. The molecule has 1 aromatic heterocycles. The summed E-state index contributed by atoms with van der Waals surface area (Å²) < 4.78 is 7.69. The summed E-state index contributed by atoms with van der Waals surface area (Å²) in [6.07, 6.45) is 3.55. The van der Waals surface area contributed by atoms with Crippen molar-refractivity contribution in [2.75, 3.05) is 13.2 Å². The summed E-state index contributed by atoms with van der Waals surface area (Å²) in [4.78, 5) is 0. The van der Waals surface area contributed by atoms with E-state index in [9.17, 15) is 0 Å². The molecule has 0 amide bonds. The normalized spacial score (nSPS) is 10.8. The van der Waals surface area contributed by atoms with Gasteiger partial charge in [-0.3, -0.25) is 0 Å². The Labute approximate surface area is 104 Å². The minimum absolute atomic E-state index is 0.784. The van der Waals surface area contributed by atoms with Gasteiger partial charge in [0, 0.05) is 13.6 Å². The lowest BCUT2D eigenvalue weighted by Crippen LogP contribution is -2.13. The second-order valence-corrected chi connectivity index (χ2v) is 4.33. The van der Waals surface area contributed by atoms with Crippen LogP contribution in [-0.4, -0.2) is 22.9 Å². The third kappa shape index (κ3) is 4.04. The zero-order valence-electron chi connectivity index (χ0n) is 11.5. The maximum atomic E-state index is 5.85. The van der Waals surface area contributed by atoms with Gasteiger partial charge in [-0.1, -0.05) is 26.7 Å². The van der Waals surface area contributed by atoms with Gasteiger partial charge in [0.15, 0.2) is 0 Å². The van der Waals surface area contributed by atoms with Gasteiger partial charge in [-0.05, 0) is 19.9 Å². The highest BCUT2D eigenvalue weighted by Crippen LogP contribution is 2.21. The Morgan fingerprint density at radius 1 is 1.29 bits per heavy atom. The Hall–Kier alpha value is -1.03. The molecule has 0 aliphatic heterocycles. The van der Waals surface area contributed by atoms with Crippen molar-refractivity contribution < 1.29 is 4.74 Å². The largest absolute Gasteiger partial charge is 0.478 e. The van der Waals surface area contributed by atoms with Crippen LogP contribution in [0.1, 0.15) is 44.4 Å². The highest BCUT2D eigenvalue weighted by molar-refractivity contribution is 5.30. The van der Waals surface area contributed by atoms with Gasteiger partial charge in [-0.15, -0.1) is 0 Å². The van der Waals surface area contributed by atoms with Crippen molar-refractivity contribution >= 4 is 0 Å². The van der Waals surface area contributed by atoms with Crippen molar-refractivity contribution in [3.05, 3.63) is 11.3 Å². The number of hydrogen-bond acceptors (Lipinski definition) is 3. The molecule has 4 nitrogen and oxygen atoms in total. The molecule has 0 fully saturated rings. The van der Waals surface area contributed by atoms with Crippen LogP contribution in [0.4, 0.5) is 0 Å². The van der Waals surface area contributed by atoms with Gasteiger partial charge in [0.25, 0.3) is 0 Å². The molecule has 1 aromatic rings. The first-order chi connectivity index (χ1) is 8.20. The highest BCUT2D eigenvalue weighted by Gasteiger charge is 2.13. The molecule has 0 saturated carbocycles. The van der Waals surface area contributed by atoms with E-state index in [-0.39, 0.29) is 0 Å². The first kappa shape index (κ1) is 14.0.